The molecule has 2 aliphatic rings. The summed E-state index contributed by atoms with van der Waals surface area (Å²) in [5.41, 5.74) is 4.62. The zero-order valence-corrected chi connectivity index (χ0v) is 16.1. The molecule has 0 spiro atoms. The maximum Gasteiger partial charge on any atom is 0.228 e. The molecule has 27 heavy (non-hydrogen) atoms. The van der Waals surface area contributed by atoms with E-state index in [1.807, 2.05) is 23.1 Å². The van der Waals surface area contributed by atoms with Gasteiger partial charge in [0.15, 0.2) is 0 Å². The molecule has 144 valence electrons. The van der Waals surface area contributed by atoms with E-state index in [9.17, 15) is 4.79 Å². The van der Waals surface area contributed by atoms with Gasteiger partial charge >= 0.3 is 0 Å². The average molecular weight is 369 g/mol. The third-order valence-electron chi connectivity index (χ3n) is 5.85. The summed E-state index contributed by atoms with van der Waals surface area (Å²) in [6.07, 6.45) is 5.86. The Bertz CT molecular complexity index is 808. The molecule has 1 amide bonds. The fourth-order valence-electron chi connectivity index (χ4n) is 4.27. The van der Waals surface area contributed by atoms with E-state index in [1.165, 1.54) is 29.7 Å². The molecular weight excluding hydrogens is 342 g/mol. The molecule has 6 heteroatoms. The highest BCUT2D eigenvalue weighted by atomic mass is 16.5. The van der Waals surface area contributed by atoms with E-state index in [0.29, 0.717) is 12.3 Å². The number of nitrogens with one attached hydrogen (secondary N) is 1. The van der Waals surface area contributed by atoms with Crippen LogP contribution >= 0.6 is 0 Å². The summed E-state index contributed by atoms with van der Waals surface area (Å²) in [5, 5.41) is 7.56. The summed E-state index contributed by atoms with van der Waals surface area (Å²) in [5.74, 6) is 2.06. The fourth-order valence-corrected chi connectivity index (χ4v) is 4.27. The highest BCUT2D eigenvalue weighted by Crippen LogP contribution is 2.33. The summed E-state index contributed by atoms with van der Waals surface area (Å²) in [6.45, 7) is 1.53. The Morgan fingerprint density at radius 3 is 2.67 bits per heavy atom. The number of hydrogen-bond acceptors (Lipinski definition) is 4. The van der Waals surface area contributed by atoms with Crippen LogP contribution in [-0.2, 0) is 24.1 Å². The number of hydrogen-bond donors (Lipinski definition) is 1. The molecule has 1 aromatic carbocycles. The zero-order valence-electron chi connectivity index (χ0n) is 16.1. The first-order valence-corrected chi connectivity index (χ1v) is 9.73. The summed E-state index contributed by atoms with van der Waals surface area (Å²) in [6, 6.07) is 5.97. The smallest absolute Gasteiger partial charge is 0.228 e. The van der Waals surface area contributed by atoms with Crippen LogP contribution in [0.5, 0.6) is 11.5 Å². The van der Waals surface area contributed by atoms with Gasteiger partial charge in [-0.2, -0.15) is 5.10 Å². The predicted molar refractivity (Wildman–Crippen MR) is 102 cm³/mol. The Labute approximate surface area is 159 Å². The highest BCUT2D eigenvalue weighted by molar-refractivity contribution is 5.79. The quantitative estimate of drug-likeness (QED) is 0.880. The van der Waals surface area contributed by atoms with E-state index in [-0.39, 0.29) is 5.91 Å². The first-order valence-electron chi connectivity index (χ1n) is 9.73. The van der Waals surface area contributed by atoms with Crippen molar-refractivity contribution < 1.29 is 14.3 Å². The second-order valence-electron chi connectivity index (χ2n) is 7.48. The monoisotopic (exact) mass is 369 g/mol. The molecule has 1 unspecified atom stereocenters. The van der Waals surface area contributed by atoms with Gasteiger partial charge in [0.05, 0.1) is 26.3 Å². The van der Waals surface area contributed by atoms with Gasteiger partial charge in [-0.05, 0) is 55.4 Å². The molecule has 1 saturated heterocycles. The molecule has 4 rings (SSSR count). The van der Waals surface area contributed by atoms with E-state index >= 15 is 0 Å². The van der Waals surface area contributed by atoms with Gasteiger partial charge in [-0.3, -0.25) is 9.89 Å². The van der Waals surface area contributed by atoms with Crippen molar-refractivity contribution >= 4 is 5.91 Å². The van der Waals surface area contributed by atoms with E-state index in [0.717, 1.165) is 49.5 Å². The summed E-state index contributed by atoms with van der Waals surface area (Å²) >= 11 is 0. The number of methoxy groups -OCH3 is 2. The Morgan fingerprint density at radius 2 is 1.93 bits per heavy atom. The minimum atomic E-state index is 0.173. The van der Waals surface area contributed by atoms with Crippen molar-refractivity contribution in [2.45, 2.75) is 44.4 Å². The number of nitrogens with zero attached hydrogens (tertiary/aromatic N) is 2. The first kappa shape index (κ1) is 17.9. The number of rotatable bonds is 5. The van der Waals surface area contributed by atoms with Crippen LogP contribution < -0.4 is 9.47 Å². The Kier molecular flexibility index (Phi) is 5.05. The minimum Gasteiger partial charge on any atom is -0.497 e. The van der Waals surface area contributed by atoms with Crippen LogP contribution in [0.1, 0.15) is 47.7 Å². The van der Waals surface area contributed by atoms with Crippen LogP contribution in [0.4, 0.5) is 0 Å². The van der Waals surface area contributed by atoms with Gasteiger partial charge < -0.3 is 14.4 Å². The first-order chi connectivity index (χ1) is 13.2. The molecule has 6 nitrogen and oxygen atoms in total. The summed E-state index contributed by atoms with van der Waals surface area (Å²) < 4.78 is 10.8. The van der Waals surface area contributed by atoms with E-state index in [1.54, 1.807) is 14.2 Å². The SMILES string of the molecule is COc1cc(OC)cc(C2CCN(C(=O)Cc3n[nH]c4c3CCCC4)C2)c1. The average Bonchev–Trinajstić information content (AvgIpc) is 3.35. The molecule has 0 saturated carbocycles. The van der Waals surface area contributed by atoms with Crippen molar-refractivity contribution in [3.63, 3.8) is 0 Å². The summed E-state index contributed by atoms with van der Waals surface area (Å²) in [4.78, 5) is 14.8. The van der Waals surface area contributed by atoms with Gasteiger partial charge in [0.2, 0.25) is 5.91 Å². The van der Waals surface area contributed by atoms with Crippen molar-refractivity contribution in [1.82, 2.24) is 15.1 Å². The lowest BCUT2D eigenvalue weighted by Gasteiger charge is -2.18. The van der Waals surface area contributed by atoms with E-state index in [2.05, 4.69) is 10.2 Å². The number of carbonyl (C=O) groups is 1. The molecule has 2 aromatic rings. The van der Waals surface area contributed by atoms with E-state index in [4.69, 9.17) is 9.47 Å². The van der Waals surface area contributed by atoms with E-state index < -0.39 is 0 Å². The zero-order chi connectivity index (χ0) is 18.8. The molecule has 1 aromatic heterocycles. The number of aryl methyl sites for hydroxylation is 1. The Morgan fingerprint density at radius 1 is 1.19 bits per heavy atom. The molecule has 1 fully saturated rings. The molecule has 0 radical (unpaired) electrons. The molecule has 0 bridgehead atoms. The molecule has 2 heterocycles. The van der Waals surface area contributed by atoms with Gasteiger partial charge in [0.25, 0.3) is 0 Å². The minimum absolute atomic E-state index is 0.173. The summed E-state index contributed by atoms with van der Waals surface area (Å²) in [7, 11) is 3.32. The Balaban J connectivity index is 1.43. The highest BCUT2D eigenvalue weighted by Gasteiger charge is 2.29. The topological polar surface area (TPSA) is 67.5 Å². The van der Waals surface area contributed by atoms with Gasteiger partial charge in [-0.15, -0.1) is 0 Å². The number of ether oxygens (including phenoxy) is 2. The number of likely N-dealkylation sites (tertiary alicyclic amines) is 1. The fraction of sp³-hybridized carbons (Fsp3) is 0.524. The number of carbonyl (C=O) groups excluding carboxylic acids is 1. The number of aromatic nitrogens is 2. The maximum atomic E-state index is 12.8. The number of aromatic amines is 1. The number of amides is 1. The third-order valence-corrected chi connectivity index (χ3v) is 5.85. The van der Waals surface area contributed by atoms with Crippen LogP contribution in [0.3, 0.4) is 0 Å². The van der Waals surface area contributed by atoms with Crippen LogP contribution in [0.15, 0.2) is 18.2 Å². The maximum absolute atomic E-state index is 12.8. The van der Waals surface area contributed by atoms with Crippen molar-refractivity contribution in [3.05, 3.63) is 40.7 Å². The number of benzene rings is 1. The van der Waals surface area contributed by atoms with Crippen LogP contribution in [0.25, 0.3) is 0 Å². The molecular formula is C21H27N3O3. The van der Waals surface area contributed by atoms with Gasteiger partial charge in [0, 0.05) is 30.8 Å². The lowest BCUT2D eigenvalue weighted by atomic mass is 9.95. The third kappa shape index (κ3) is 3.66. The number of fused-ring (bicyclic) bond motifs is 1. The predicted octanol–water partition coefficient (Wildman–Crippen LogP) is 2.86. The lowest BCUT2D eigenvalue weighted by Crippen LogP contribution is -2.30. The molecule has 1 aliphatic carbocycles. The van der Waals surface area contributed by atoms with Crippen molar-refractivity contribution in [3.8, 4) is 11.5 Å². The van der Waals surface area contributed by atoms with Gasteiger partial charge in [0.1, 0.15) is 11.5 Å². The molecule has 1 N–H and O–H groups in total. The van der Waals surface area contributed by atoms with Crippen LogP contribution in [-0.4, -0.2) is 48.3 Å². The van der Waals surface area contributed by atoms with Crippen molar-refractivity contribution in [1.29, 1.82) is 0 Å². The molecule has 1 atom stereocenters. The normalized spacial score (nSPS) is 19.0. The Hall–Kier alpha value is -2.50. The van der Waals surface area contributed by atoms with Gasteiger partial charge in [-0.1, -0.05) is 0 Å². The van der Waals surface area contributed by atoms with Crippen LogP contribution in [0, 0.1) is 0 Å². The van der Waals surface area contributed by atoms with Crippen LogP contribution in [0.2, 0.25) is 0 Å². The number of H-pyrrole nitrogens is 1. The van der Waals surface area contributed by atoms with Crippen molar-refractivity contribution in [2.75, 3.05) is 27.3 Å². The van der Waals surface area contributed by atoms with Crippen molar-refractivity contribution in [2.24, 2.45) is 0 Å². The lowest BCUT2D eigenvalue weighted by molar-refractivity contribution is -0.129. The second kappa shape index (κ2) is 7.62. The largest absolute Gasteiger partial charge is 0.497 e. The second-order valence-corrected chi connectivity index (χ2v) is 7.48. The molecule has 1 aliphatic heterocycles. The van der Waals surface area contributed by atoms with Gasteiger partial charge in [-0.25, -0.2) is 0 Å². The standard InChI is InChI=1S/C21H27N3O3/c1-26-16-9-15(10-17(11-16)27-2)14-7-8-24(13-14)21(25)12-20-18-5-3-4-6-19(18)22-23-20/h9-11,14H,3-8,12-13H2,1-2H3,(H,22,23).